The molecule has 1 aromatic carbocycles. The second-order valence-corrected chi connectivity index (χ2v) is 8.42. The van der Waals surface area contributed by atoms with Gasteiger partial charge in [0, 0.05) is 12.4 Å². The van der Waals surface area contributed by atoms with Gasteiger partial charge in [0.1, 0.15) is 18.4 Å². The van der Waals surface area contributed by atoms with E-state index < -0.39 is 11.8 Å². The van der Waals surface area contributed by atoms with Crippen molar-refractivity contribution in [3.8, 4) is 0 Å². The first kappa shape index (κ1) is 21.8. The molecule has 2 unspecified atom stereocenters. The SMILES string of the molecule is CCC1(NC(=O)C(CC(C)(C)c2ccccc2)NC(=O)c2cc[nH]c2)CC(=O)CO1. The summed E-state index contributed by atoms with van der Waals surface area (Å²) in [6, 6.07) is 10.7. The van der Waals surface area contributed by atoms with Crippen molar-refractivity contribution in [1.82, 2.24) is 15.6 Å². The quantitative estimate of drug-likeness (QED) is 0.622. The third-order valence-corrected chi connectivity index (χ3v) is 5.67. The van der Waals surface area contributed by atoms with Gasteiger partial charge in [-0.25, -0.2) is 0 Å². The molecule has 1 aliphatic rings. The minimum atomic E-state index is -1.01. The minimum absolute atomic E-state index is 0.00992. The summed E-state index contributed by atoms with van der Waals surface area (Å²) in [5.74, 6) is -0.747. The first-order valence-electron chi connectivity index (χ1n) is 10.2. The molecule has 0 radical (unpaired) electrons. The number of rotatable bonds is 8. The lowest BCUT2D eigenvalue weighted by Crippen LogP contribution is -2.56. The number of Topliss-reactive ketones (excluding diaryl/α,β-unsaturated/α-hetero) is 1. The predicted molar refractivity (Wildman–Crippen MR) is 113 cm³/mol. The third kappa shape index (κ3) is 4.97. The number of ether oxygens (including phenoxy) is 1. The van der Waals surface area contributed by atoms with E-state index in [9.17, 15) is 14.4 Å². The van der Waals surface area contributed by atoms with Crippen LogP contribution in [0, 0.1) is 0 Å². The van der Waals surface area contributed by atoms with Crippen LogP contribution in [0.3, 0.4) is 0 Å². The molecule has 0 bridgehead atoms. The molecular formula is C23H29N3O4. The number of amides is 2. The van der Waals surface area contributed by atoms with Gasteiger partial charge in [-0.15, -0.1) is 0 Å². The number of benzene rings is 1. The summed E-state index contributed by atoms with van der Waals surface area (Å²) in [6.45, 7) is 5.93. The highest BCUT2D eigenvalue weighted by atomic mass is 16.5. The number of nitrogens with one attached hydrogen (secondary N) is 3. The van der Waals surface area contributed by atoms with E-state index in [4.69, 9.17) is 4.74 Å². The van der Waals surface area contributed by atoms with E-state index in [1.807, 2.05) is 51.1 Å². The molecule has 1 fully saturated rings. The van der Waals surface area contributed by atoms with Crippen molar-refractivity contribution < 1.29 is 19.1 Å². The Morgan fingerprint density at radius 3 is 2.53 bits per heavy atom. The van der Waals surface area contributed by atoms with E-state index in [-0.39, 0.29) is 36.0 Å². The average molecular weight is 412 g/mol. The first-order chi connectivity index (χ1) is 14.2. The van der Waals surface area contributed by atoms with Crippen LogP contribution in [0.25, 0.3) is 0 Å². The Hall–Kier alpha value is -2.93. The molecule has 160 valence electrons. The van der Waals surface area contributed by atoms with Crippen LogP contribution in [0.2, 0.25) is 0 Å². The van der Waals surface area contributed by atoms with Gasteiger partial charge >= 0.3 is 0 Å². The van der Waals surface area contributed by atoms with Crippen molar-refractivity contribution in [2.45, 2.75) is 57.2 Å². The topological polar surface area (TPSA) is 100 Å². The number of ketones is 1. The fourth-order valence-electron chi connectivity index (χ4n) is 3.78. The molecule has 3 N–H and O–H groups in total. The Balaban J connectivity index is 1.82. The molecule has 2 atom stereocenters. The molecule has 3 rings (SSSR count). The highest BCUT2D eigenvalue weighted by molar-refractivity contribution is 5.97. The van der Waals surface area contributed by atoms with Crippen LogP contribution in [0.1, 0.15) is 56.0 Å². The molecule has 2 amide bonds. The van der Waals surface area contributed by atoms with Crippen molar-refractivity contribution in [1.29, 1.82) is 0 Å². The second-order valence-electron chi connectivity index (χ2n) is 8.42. The maximum Gasteiger partial charge on any atom is 0.253 e. The number of aromatic amines is 1. The van der Waals surface area contributed by atoms with Gasteiger partial charge in [0.25, 0.3) is 5.91 Å². The fraction of sp³-hybridized carbons (Fsp3) is 0.435. The molecule has 2 heterocycles. The molecule has 2 aromatic rings. The Morgan fingerprint density at radius 1 is 1.23 bits per heavy atom. The largest absolute Gasteiger partial charge is 0.367 e. The number of H-pyrrole nitrogens is 1. The highest BCUT2D eigenvalue weighted by Gasteiger charge is 2.42. The van der Waals surface area contributed by atoms with Crippen LogP contribution in [-0.4, -0.2) is 41.0 Å². The van der Waals surface area contributed by atoms with Crippen LogP contribution in [0.5, 0.6) is 0 Å². The molecule has 30 heavy (non-hydrogen) atoms. The highest BCUT2D eigenvalue weighted by Crippen LogP contribution is 2.30. The van der Waals surface area contributed by atoms with Gasteiger partial charge in [-0.3, -0.25) is 14.4 Å². The number of carbonyl (C=O) groups excluding carboxylic acids is 3. The van der Waals surface area contributed by atoms with Crippen molar-refractivity contribution in [2.24, 2.45) is 0 Å². The maximum atomic E-state index is 13.3. The Labute approximate surface area is 176 Å². The van der Waals surface area contributed by atoms with Crippen LogP contribution < -0.4 is 10.6 Å². The van der Waals surface area contributed by atoms with Gasteiger partial charge in [-0.05, 0) is 29.9 Å². The molecular weight excluding hydrogens is 382 g/mol. The van der Waals surface area contributed by atoms with E-state index in [0.717, 1.165) is 5.56 Å². The Kier molecular flexibility index (Phi) is 6.41. The molecule has 1 aromatic heterocycles. The standard InChI is InChI=1S/C23H29N3O4/c1-4-23(12-18(27)15-30-23)26-21(29)19(25-20(28)16-10-11-24-14-16)13-22(2,3)17-8-6-5-7-9-17/h5-11,14,19,24H,4,12-13,15H2,1-3H3,(H,25,28)(H,26,29). The molecule has 1 aliphatic heterocycles. The summed E-state index contributed by atoms with van der Waals surface area (Å²) in [5.41, 5.74) is 0.127. The zero-order chi connectivity index (χ0) is 21.8. The van der Waals surface area contributed by atoms with E-state index in [2.05, 4.69) is 15.6 Å². The van der Waals surface area contributed by atoms with E-state index in [0.29, 0.717) is 18.4 Å². The monoisotopic (exact) mass is 411 g/mol. The minimum Gasteiger partial charge on any atom is -0.367 e. The van der Waals surface area contributed by atoms with Crippen molar-refractivity contribution in [3.05, 3.63) is 59.9 Å². The summed E-state index contributed by atoms with van der Waals surface area (Å²) in [6.07, 6.45) is 4.22. The maximum absolute atomic E-state index is 13.3. The number of aromatic nitrogens is 1. The third-order valence-electron chi connectivity index (χ3n) is 5.67. The molecule has 0 spiro atoms. The van der Waals surface area contributed by atoms with Crippen LogP contribution >= 0.6 is 0 Å². The van der Waals surface area contributed by atoms with Gasteiger partial charge < -0.3 is 20.4 Å². The fourth-order valence-corrected chi connectivity index (χ4v) is 3.78. The lowest BCUT2D eigenvalue weighted by atomic mass is 9.78. The van der Waals surface area contributed by atoms with E-state index in [1.54, 1.807) is 18.5 Å². The van der Waals surface area contributed by atoms with Gasteiger partial charge in [0.15, 0.2) is 5.78 Å². The van der Waals surface area contributed by atoms with Gasteiger partial charge in [0.2, 0.25) is 5.91 Å². The smallest absolute Gasteiger partial charge is 0.253 e. The lowest BCUT2D eigenvalue weighted by molar-refractivity contribution is -0.132. The molecule has 7 nitrogen and oxygen atoms in total. The van der Waals surface area contributed by atoms with Gasteiger partial charge in [0.05, 0.1) is 12.0 Å². The number of hydrogen-bond donors (Lipinski definition) is 3. The van der Waals surface area contributed by atoms with Gasteiger partial charge in [-0.1, -0.05) is 51.1 Å². The summed E-state index contributed by atoms with van der Waals surface area (Å²) >= 11 is 0. The number of carbonyl (C=O) groups is 3. The van der Waals surface area contributed by atoms with E-state index in [1.165, 1.54) is 0 Å². The zero-order valence-electron chi connectivity index (χ0n) is 17.7. The van der Waals surface area contributed by atoms with Crippen LogP contribution in [0.15, 0.2) is 48.8 Å². The van der Waals surface area contributed by atoms with Crippen molar-refractivity contribution >= 4 is 17.6 Å². The Morgan fingerprint density at radius 2 is 1.97 bits per heavy atom. The summed E-state index contributed by atoms with van der Waals surface area (Å²) in [7, 11) is 0. The van der Waals surface area contributed by atoms with Gasteiger partial charge in [-0.2, -0.15) is 0 Å². The predicted octanol–water partition coefficient (Wildman–Crippen LogP) is 2.69. The van der Waals surface area contributed by atoms with E-state index >= 15 is 0 Å². The molecule has 0 aliphatic carbocycles. The van der Waals surface area contributed by atoms with Crippen LogP contribution in [-0.2, 0) is 19.7 Å². The van der Waals surface area contributed by atoms with Crippen LogP contribution in [0.4, 0.5) is 0 Å². The Bertz CT molecular complexity index is 892. The average Bonchev–Trinajstić information content (AvgIpc) is 3.38. The summed E-state index contributed by atoms with van der Waals surface area (Å²) in [4.78, 5) is 40.6. The number of hydrogen-bond acceptors (Lipinski definition) is 4. The molecule has 0 saturated carbocycles. The van der Waals surface area contributed by atoms with Crippen molar-refractivity contribution in [2.75, 3.05) is 6.61 Å². The normalized spacial score (nSPS) is 20.0. The van der Waals surface area contributed by atoms with Crippen molar-refractivity contribution in [3.63, 3.8) is 0 Å². The second kappa shape index (κ2) is 8.83. The lowest BCUT2D eigenvalue weighted by Gasteiger charge is -2.33. The molecule has 7 heteroatoms. The summed E-state index contributed by atoms with van der Waals surface area (Å²) in [5, 5.41) is 5.75. The first-order valence-corrected chi connectivity index (χ1v) is 10.2. The zero-order valence-corrected chi connectivity index (χ0v) is 17.7. The molecule has 1 saturated heterocycles. The summed E-state index contributed by atoms with van der Waals surface area (Å²) < 4.78 is 5.62.